The van der Waals surface area contributed by atoms with E-state index in [9.17, 15) is 13.6 Å². The van der Waals surface area contributed by atoms with E-state index in [0.717, 1.165) is 43.0 Å². The molecule has 1 aromatic carbocycles. The fourth-order valence-electron chi connectivity index (χ4n) is 4.30. The van der Waals surface area contributed by atoms with Crippen molar-refractivity contribution in [1.82, 2.24) is 15.1 Å². The molecule has 0 aliphatic heterocycles. The second-order valence-electron chi connectivity index (χ2n) is 8.41. The van der Waals surface area contributed by atoms with Crippen molar-refractivity contribution in [3.05, 3.63) is 46.8 Å². The first-order chi connectivity index (χ1) is 12.2. The van der Waals surface area contributed by atoms with E-state index in [-0.39, 0.29) is 29.0 Å². The van der Waals surface area contributed by atoms with Gasteiger partial charge in [0.25, 0.3) is 5.91 Å². The van der Waals surface area contributed by atoms with Crippen LogP contribution >= 0.6 is 0 Å². The van der Waals surface area contributed by atoms with Crippen LogP contribution in [0, 0.1) is 11.6 Å². The molecule has 1 fully saturated rings. The summed E-state index contributed by atoms with van der Waals surface area (Å²) in [4.78, 5) is 12.9. The van der Waals surface area contributed by atoms with Crippen LogP contribution in [0.15, 0.2) is 18.2 Å². The second-order valence-corrected chi connectivity index (χ2v) is 8.41. The number of carbonyl (C=O) groups is 1. The predicted octanol–water partition coefficient (Wildman–Crippen LogP) is 4.43. The normalized spacial score (nSPS) is 21.6. The summed E-state index contributed by atoms with van der Waals surface area (Å²) in [6, 6.07) is 3.48. The van der Waals surface area contributed by atoms with Crippen LogP contribution in [0.3, 0.4) is 0 Å². The maximum absolute atomic E-state index is 14.4. The monoisotopic (exact) mass is 359 g/mol. The quantitative estimate of drug-likeness (QED) is 0.862. The first-order valence-corrected chi connectivity index (χ1v) is 9.15. The van der Waals surface area contributed by atoms with Crippen LogP contribution < -0.4 is 5.32 Å². The maximum Gasteiger partial charge on any atom is 0.272 e. The van der Waals surface area contributed by atoms with E-state index in [1.54, 1.807) is 0 Å². The number of carbonyl (C=O) groups excluding carboxylic acids is 1. The molecule has 26 heavy (non-hydrogen) atoms. The van der Waals surface area contributed by atoms with E-state index in [1.165, 1.54) is 16.8 Å². The summed E-state index contributed by atoms with van der Waals surface area (Å²) in [5, 5.41) is 7.48. The molecule has 138 valence electrons. The highest BCUT2D eigenvalue weighted by Gasteiger charge is 2.41. The zero-order chi connectivity index (χ0) is 18.6. The average Bonchev–Trinajstić information content (AvgIpc) is 2.97. The minimum atomic E-state index is -0.667. The first-order valence-electron chi connectivity index (χ1n) is 9.15. The molecule has 1 amide bonds. The molecule has 3 aliphatic rings. The number of rotatable bonds is 2. The molecular weight excluding hydrogens is 336 g/mol. The highest BCUT2D eigenvalue weighted by Crippen LogP contribution is 2.51. The molecule has 1 N–H and O–H groups in total. The number of aromatic nitrogens is 2. The number of halogens is 2. The van der Waals surface area contributed by atoms with Crippen molar-refractivity contribution < 1.29 is 13.6 Å². The molecule has 1 aromatic heterocycles. The number of nitrogens with zero attached hydrogens (tertiary/aromatic N) is 2. The summed E-state index contributed by atoms with van der Waals surface area (Å²) in [7, 11) is 0. The number of hydrogen-bond donors (Lipinski definition) is 1. The molecule has 2 bridgehead atoms. The summed E-state index contributed by atoms with van der Waals surface area (Å²) >= 11 is 0. The van der Waals surface area contributed by atoms with Crippen LogP contribution in [0.2, 0.25) is 0 Å². The van der Waals surface area contributed by atoms with Gasteiger partial charge in [-0.3, -0.25) is 4.79 Å². The second kappa shape index (κ2) is 5.89. The van der Waals surface area contributed by atoms with Crippen LogP contribution in [0.25, 0.3) is 5.69 Å². The van der Waals surface area contributed by atoms with Crippen LogP contribution in [0.5, 0.6) is 0 Å². The molecule has 5 rings (SSSR count). The average molecular weight is 359 g/mol. The third kappa shape index (κ3) is 2.81. The van der Waals surface area contributed by atoms with Gasteiger partial charge in [0, 0.05) is 23.1 Å². The number of benzene rings is 1. The van der Waals surface area contributed by atoms with Crippen molar-refractivity contribution in [3.8, 4) is 5.69 Å². The SMILES string of the molecule is CC(C)(C)NC(=O)c1nn(-c2ccc(F)cc2F)c2c1C1CCC2CC1. The van der Waals surface area contributed by atoms with Gasteiger partial charge in [0.1, 0.15) is 11.5 Å². The Kier molecular flexibility index (Phi) is 3.90. The molecular formula is C20H23F2N3O. The van der Waals surface area contributed by atoms with E-state index in [4.69, 9.17) is 0 Å². The minimum Gasteiger partial charge on any atom is -0.346 e. The lowest BCUT2D eigenvalue weighted by Crippen LogP contribution is -2.41. The molecule has 0 spiro atoms. The standard InChI is InChI=1S/C20H23F2N3O/c1-20(2,3)23-19(26)17-16-11-4-6-12(7-5-11)18(16)25(24-17)15-9-8-13(21)10-14(15)22/h8-12H,4-7H2,1-3H3,(H,23,26). The molecule has 6 heteroatoms. The Labute approximate surface area is 151 Å². The van der Waals surface area contributed by atoms with Gasteiger partial charge in [0.15, 0.2) is 11.5 Å². The van der Waals surface area contributed by atoms with Crippen LogP contribution in [-0.4, -0.2) is 21.2 Å². The van der Waals surface area contributed by atoms with Crippen LogP contribution in [-0.2, 0) is 0 Å². The van der Waals surface area contributed by atoms with Gasteiger partial charge < -0.3 is 5.32 Å². The molecule has 1 heterocycles. The molecule has 2 aromatic rings. The van der Waals surface area contributed by atoms with Crippen molar-refractivity contribution >= 4 is 5.91 Å². The Morgan fingerprint density at radius 2 is 1.81 bits per heavy atom. The summed E-state index contributed by atoms with van der Waals surface area (Å²) in [5.41, 5.74) is 2.08. The third-order valence-electron chi connectivity index (χ3n) is 5.32. The minimum absolute atomic E-state index is 0.199. The Bertz CT molecular complexity index is 874. The van der Waals surface area contributed by atoms with Gasteiger partial charge in [-0.2, -0.15) is 5.10 Å². The van der Waals surface area contributed by atoms with Crippen molar-refractivity contribution in [2.75, 3.05) is 0 Å². The first kappa shape index (κ1) is 17.2. The fourth-order valence-corrected chi connectivity index (χ4v) is 4.30. The third-order valence-corrected chi connectivity index (χ3v) is 5.32. The van der Waals surface area contributed by atoms with E-state index >= 15 is 0 Å². The Balaban J connectivity index is 1.88. The van der Waals surface area contributed by atoms with Crippen molar-refractivity contribution in [2.45, 2.75) is 63.8 Å². The van der Waals surface area contributed by atoms with Crippen molar-refractivity contribution in [1.29, 1.82) is 0 Å². The topological polar surface area (TPSA) is 46.9 Å². The molecule has 1 saturated carbocycles. The zero-order valence-electron chi connectivity index (χ0n) is 15.3. The number of nitrogens with one attached hydrogen (secondary N) is 1. The van der Waals surface area contributed by atoms with Gasteiger partial charge in [-0.05, 0) is 64.5 Å². The molecule has 3 aliphatic carbocycles. The van der Waals surface area contributed by atoms with Crippen LogP contribution in [0.1, 0.15) is 80.0 Å². The number of hydrogen-bond acceptors (Lipinski definition) is 2. The largest absolute Gasteiger partial charge is 0.346 e. The van der Waals surface area contributed by atoms with Gasteiger partial charge in [-0.25, -0.2) is 13.5 Å². The zero-order valence-corrected chi connectivity index (χ0v) is 15.3. The van der Waals surface area contributed by atoms with Gasteiger partial charge >= 0.3 is 0 Å². The Hall–Kier alpha value is -2.24. The van der Waals surface area contributed by atoms with Gasteiger partial charge in [-0.1, -0.05) is 0 Å². The molecule has 0 saturated heterocycles. The summed E-state index contributed by atoms with van der Waals surface area (Å²) in [5.74, 6) is -0.974. The van der Waals surface area contributed by atoms with E-state index in [1.807, 2.05) is 20.8 Å². The number of amides is 1. The smallest absolute Gasteiger partial charge is 0.272 e. The van der Waals surface area contributed by atoms with E-state index < -0.39 is 11.6 Å². The molecule has 0 radical (unpaired) electrons. The summed E-state index contributed by atoms with van der Waals surface area (Å²) in [6.45, 7) is 5.75. The fraction of sp³-hybridized carbons (Fsp3) is 0.500. The van der Waals surface area contributed by atoms with E-state index in [0.29, 0.717) is 5.69 Å². The highest BCUT2D eigenvalue weighted by molar-refractivity contribution is 5.95. The highest BCUT2D eigenvalue weighted by atomic mass is 19.1. The summed E-state index contributed by atoms with van der Waals surface area (Å²) in [6.07, 6.45) is 4.11. The van der Waals surface area contributed by atoms with Gasteiger partial charge in [0.05, 0.1) is 5.69 Å². The maximum atomic E-state index is 14.4. The Morgan fingerprint density at radius 1 is 1.15 bits per heavy atom. The molecule has 4 nitrogen and oxygen atoms in total. The van der Waals surface area contributed by atoms with Gasteiger partial charge in [-0.15, -0.1) is 0 Å². The van der Waals surface area contributed by atoms with Gasteiger partial charge in [0.2, 0.25) is 0 Å². The number of fused-ring (bicyclic) bond motifs is 2. The van der Waals surface area contributed by atoms with Crippen molar-refractivity contribution in [2.24, 2.45) is 0 Å². The lowest BCUT2D eigenvalue weighted by molar-refractivity contribution is 0.0912. The Morgan fingerprint density at radius 3 is 2.42 bits per heavy atom. The van der Waals surface area contributed by atoms with Crippen LogP contribution in [0.4, 0.5) is 8.78 Å². The van der Waals surface area contributed by atoms with E-state index in [2.05, 4.69) is 10.4 Å². The lowest BCUT2D eigenvalue weighted by atomic mass is 9.69. The lowest BCUT2D eigenvalue weighted by Gasteiger charge is -2.36. The molecule has 0 unspecified atom stereocenters. The summed E-state index contributed by atoms with van der Waals surface area (Å²) < 4.78 is 29.3. The van der Waals surface area contributed by atoms with Crippen molar-refractivity contribution in [3.63, 3.8) is 0 Å². The molecule has 0 atom stereocenters. The predicted molar refractivity (Wildman–Crippen MR) is 94.6 cm³/mol.